The minimum Gasteiger partial charge on any atom is -0.465 e. The quantitative estimate of drug-likeness (QED) is 0.717. The number of hydrogen-bond acceptors (Lipinski definition) is 4. The zero-order chi connectivity index (χ0) is 10.6. The number of carbonyl (C=O) groups is 1. The van der Waals surface area contributed by atoms with Crippen LogP contribution >= 0.6 is 11.3 Å². The van der Waals surface area contributed by atoms with Crippen LogP contribution in [0.3, 0.4) is 0 Å². The topological polar surface area (TPSA) is 29.5 Å². The number of hydrogen-bond donors (Lipinski definition) is 0. The monoisotopic (exact) mass is 213 g/mol. The van der Waals surface area contributed by atoms with E-state index in [-0.39, 0.29) is 5.97 Å². The number of aryl methyl sites for hydroxylation is 1. The Labute approximate surface area is 88.3 Å². The summed E-state index contributed by atoms with van der Waals surface area (Å²) in [4.78, 5) is 13.1. The van der Waals surface area contributed by atoms with E-state index in [4.69, 9.17) is 4.74 Å². The molecule has 0 aliphatic heterocycles. The fourth-order valence-corrected chi connectivity index (χ4v) is 2.13. The smallest absolute Gasteiger partial charge is 0.325 e. The molecule has 0 unspecified atom stereocenters. The lowest BCUT2D eigenvalue weighted by Gasteiger charge is -2.16. The first kappa shape index (κ1) is 11.0. The van der Waals surface area contributed by atoms with Crippen LogP contribution in [0.4, 0.5) is 5.00 Å². The van der Waals surface area contributed by atoms with Gasteiger partial charge in [-0.3, -0.25) is 4.79 Å². The Hall–Kier alpha value is -1.03. The molecule has 0 bridgehead atoms. The number of rotatable bonds is 4. The molecule has 0 aliphatic carbocycles. The maximum absolute atomic E-state index is 11.2. The molecule has 1 rings (SSSR count). The zero-order valence-corrected chi connectivity index (χ0v) is 9.56. The maximum atomic E-state index is 11.2. The van der Waals surface area contributed by atoms with Gasteiger partial charge in [0.2, 0.25) is 0 Å². The van der Waals surface area contributed by atoms with Crippen LogP contribution < -0.4 is 4.90 Å². The highest BCUT2D eigenvalue weighted by Crippen LogP contribution is 2.25. The molecule has 0 N–H and O–H groups in total. The first-order chi connectivity index (χ1) is 6.65. The van der Waals surface area contributed by atoms with Crippen molar-refractivity contribution >= 4 is 22.3 Å². The SMILES string of the molecule is CCOC(=O)CN(C)c1sccc1C. The molecule has 3 nitrogen and oxygen atoms in total. The van der Waals surface area contributed by atoms with E-state index >= 15 is 0 Å². The number of ether oxygens (including phenoxy) is 1. The molecule has 0 fully saturated rings. The highest BCUT2D eigenvalue weighted by atomic mass is 32.1. The highest BCUT2D eigenvalue weighted by Gasteiger charge is 2.10. The summed E-state index contributed by atoms with van der Waals surface area (Å²) in [6.45, 7) is 4.60. The first-order valence-electron chi connectivity index (χ1n) is 4.56. The third-order valence-corrected chi connectivity index (χ3v) is 2.98. The summed E-state index contributed by atoms with van der Waals surface area (Å²) in [7, 11) is 1.90. The van der Waals surface area contributed by atoms with Crippen molar-refractivity contribution in [1.29, 1.82) is 0 Å². The summed E-state index contributed by atoms with van der Waals surface area (Å²) in [5, 5.41) is 3.14. The Morgan fingerprint density at radius 2 is 2.36 bits per heavy atom. The van der Waals surface area contributed by atoms with Crippen molar-refractivity contribution in [2.24, 2.45) is 0 Å². The molecule has 0 radical (unpaired) electrons. The lowest BCUT2D eigenvalue weighted by Crippen LogP contribution is -2.26. The average molecular weight is 213 g/mol. The van der Waals surface area contributed by atoms with Gasteiger partial charge in [0, 0.05) is 7.05 Å². The van der Waals surface area contributed by atoms with E-state index < -0.39 is 0 Å². The Morgan fingerprint density at radius 1 is 1.64 bits per heavy atom. The van der Waals surface area contributed by atoms with Gasteiger partial charge in [0.15, 0.2) is 0 Å². The number of esters is 1. The minimum atomic E-state index is -0.178. The fraction of sp³-hybridized carbons (Fsp3) is 0.500. The second kappa shape index (κ2) is 5.00. The van der Waals surface area contributed by atoms with Crippen LogP contribution in [-0.2, 0) is 9.53 Å². The van der Waals surface area contributed by atoms with Crippen LogP contribution in [0.5, 0.6) is 0 Å². The van der Waals surface area contributed by atoms with Crippen LogP contribution in [0.1, 0.15) is 12.5 Å². The van der Waals surface area contributed by atoms with E-state index in [1.165, 1.54) is 5.56 Å². The normalized spacial score (nSPS) is 9.93. The van der Waals surface area contributed by atoms with Gasteiger partial charge >= 0.3 is 5.97 Å². The minimum absolute atomic E-state index is 0.178. The summed E-state index contributed by atoms with van der Waals surface area (Å²) in [5.41, 5.74) is 1.20. The molecule has 1 aromatic rings. The third-order valence-electron chi connectivity index (χ3n) is 1.85. The summed E-state index contributed by atoms with van der Waals surface area (Å²) in [6, 6.07) is 2.04. The molecule has 0 amide bonds. The van der Waals surface area contributed by atoms with Crippen molar-refractivity contribution in [3.8, 4) is 0 Å². The number of nitrogens with zero attached hydrogens (tertiary/aromatic N) is 1. The lowest BCUT2D eigenvalue weighted by atomic mass is 10.3. The van der Waals surface area contributed by atoms with Gasteiger partial charge in [0.25, 0.3) is 0 Å². The highest BCUT2D eigenvalue weighted by molar-refractivity contribution is 7.14. The predicted molar refractivity (Wildman–Crippen MR) is 59.0 cm³/mol. The van der Waals surface area contributed by atoms with Crippen LogP contribution in [0.25, 0.3) is 0 Å². The van der Waals surface area contributed by atoms with Crippen LogP contribution in [0.15, 0.2) is 11.4 Å². The molecule has 1 aromatic heterocycles. The molecule has 0 saturated carbocycles. The molecule has 0 aromatic carbocycles. The Morgan fingerprint density at radius 3 is 2.86 bits per heavy atom. The third kappa shape index (κ3) is 2.73. The molecular weight excluding hydrogens is 198 g/mol. The van der Waals surface area contributed by atoms with Gasteiger partial charge in [-0.05, 0) is 30.9 Å². The van der Waals surface area contributed by atoms with Gasteiger partial charge in [-0.25, -0.2) is 0 Å². The second-order valence-electron chi connectivity index (χ2n) is 3.07. The van der Waals surface area contributed by atoms with Crippen molar-refractivity contribution < 1.29 is 9.53 Å². The number of carbonyl (C=O) groups excluding carboxylic acids is 1. The average Bonchev–Trinajstić information content (AvgIpc) is 2.51. The first-order valence-corrected chi connectivity index (χ1v) is 5.44. The molecule has 1 heterocycles. The number of likely N-dealkylation sites (N-methyl/N-ethyl adjacent to an activating group) is 1. The summed E-state index contributed by atoms with van der Waals surface area (Å²) >= 11 is 1.64. The van der Waals surface area contributed by atoms with E-state index in [1.54, 1.807) is 11.3 Å². The van der Waals surface area contributed by atoms with E-state index in [9.17, 15) is 4.79 Å². The molecule has 0 atom stereocenters. The summed E-state index contributed by atoms with van der Waals surface area (Å²) in [6.07, 6.45) is 0. The Kier molecular flexibility index (Phi) is 3.95. The molecule has 0 aliphatic rings. The van der Waals surface area contributed by atoms with E-state index in [2.05, 4.69) is 0 Å². The van der Waals surface area contributed by atoms with Gasteiger partial charge in [-0.15, -0.1) is 11.3 Å². The van der Waals surface area contributed by atoms with Crippen molar-refractivity contribution in [2.45, 2.75) is 13.8 Å². The van der Waals surface area contributed by atoms with E-state index in [0.29, 0.717) is 13.2 Å². The van der Waals surface area contributed by atoms with Crippen LogP contribution in [-0.4, -0.2) is 26.2 Å². The largest absolute Gasteiger partial charge is 0.465 e. The molecule has 78 valence electrons. The lowest BCUT2D eigenvalue weighted by molar-refractivity contribution is -0.141. The van der Waals surface area contributed by atoms with Gasteiger partial charge in [-0.2, -0.15) is 0 Å². The fourth-order valence-electron chi connectivity index (χ4n) is 1.23. The van der Waals surface area contributed by atoms with Gasteiger partial charge < -0.3 is 9.64 Å². The standard InChI is InChI=1S/C10H15NO2S/c1-4-13-9(12)7-11(3)10-8(2)5-6-14-10/h5-6H,4,7H2,1-3H3. The van der Waals surface area contributed by atoms with E-state index in [1.807, 2.05) is 37.2 Å². The van der Waals surface area contributed by atoms with Crippen molar-refractivity contribution in [3.63, 3.8) is 0 Å². The van der Waals surface area contributed by atoms with Crippen molar-refractivity contribution in [1.82, 2.24) is 0 Å². The van der Waals surface area contributed by atoms with Crippen LogP contribution in [0, 0.1) is 6.92 Å². The molecule has 4 heteroatoms. The number of anilines is 1. The zero-order valence-electron chi connectivity index (χ0n) is 8.74. The van der Waals surface area contributed by atoms with Crippen LogP contribution in [0.2, 0.25) is 0 Å². The molecule has 0 saturated heterocycles. The van der Waals surface area contributed by atoms with E-state index in [0.717, 1.165) is 5.00 Å². The molecule has 14 heavy (non-hydrogen) atoms. The van der Waals surface area contributed by atoms with Crippen molar-refractivity contribution in [3.05, 3.63) is 17.0 Å². The molecule has 0 spiro atoms. The predicted octanol–water partition coefficient (Wildman–Crippen LogP) is 2.06. The second-order valence-corrected chi connectivity index (χ2v) is 3.96. The Balaban J connectivity index is 2.54. The van der Waals surface area contributed by atoms with Gasteiger partial charge in [0.1, 0.15) is 6.54 Å². The maximum Gasteiger partial charge on any atom is 0.325 e. The number of thiophene rings is 1. The summed E-state index contributed by atoms with van der Waals surface area (Å²) in [5.74, 6) is -0.178. The van der Waals surface area contributed by atoms with Gasteiger partial charge in [0.05, 0.1) is 11.6 Å². The van der Waals surface area contributed by atoms with Gasteiger partial charge in [-0.1, -0.05) is 0 Å². The molecular formula is C10H15NO2S. The van der Waals surface area contributed by atoms with Crippen molar-refractivity contribution in [2.75, 3.05) is 25.1 Å². The Bertz CT molecular complexity index is 309. The summed E-state index contributed by atoms with van der Waals surface area (Å²) < 4.78 is 4.87.